The third-order valence-corrected chi connectivity index (χ3v) is 3.59. The molecule has 116 valence electrons. The second-order valence-electron chi connectivity index (χ2n) is 4.86. The molecule has 0 unspecified atom stereocenters. The van der Waals surface area contributed by atoms with E-state index in [-0.39, 0.29) is 18.1 Å². The van der Waals surface area contributed by atoms with Crippen LogP contribution in [0.3, 0.4) is 0 Å². The first-order chi connectivity index (χ1) is 10.3. The molecule has 0 spiro atoms. The molecule has 5 nitrogen and oxygen atoms in total. The van der Waals surface area contributed by atoms with Gasteiger partial charge in [0.15, 0.2) is 0 Å². The number of halogens is 1. The third kappa shape index (κ3) is 5.27. The Morgan fingerprint density at radius 2 is 1.77 bits per heavy atom. The molecule has 0 saturated carbocycles. The summed E-state index contributed by atoms with van der Waals surface area (Å²) in [5.41, 5.74) is 1.63. The van der Waals surface area contributed by atoms with Gasteiger partial charge in [-0.25, -0.2) is 17.9 Å². The van der Waals surface area contributed by atoms with E-state index in [1.807, 2.05) is 0 Å². The molecule has 0 aromatic heterocycles. The fourth-order valence-electron chi connectivity index (χ4n) is 1.95. The Hall–Kier alpha value is -2.25. The number of hydrogen-bond donors (Lipinski definition) is 2. The lowest BCUT2D eigenvalue weighted by atomic mass is 10.1. The van der Waals surface area contributed by atoms with Crippen LogP contribution in [0, 0.1) is 5.82 Å². The second kappa shape index (κ2) is 6.67. The van der Waals surface area contributed by atoms with Gasteiger partial charge in [0.1, 0.15) is 5.82 Å². The smallest absolute Gasteiger partial charge is 0.228 e. The van der Waals surface area contributed by atoms with Gasteiger partial charge in [-0.05, 0) is 35.4 Å². The lowest BCUT2D eigenvalue weighted by molar-refractivity contribution is -0.115. The van der Waals surface area contributed by atoms with Crippen molar-refractivity contribution < 1.29 is 17.6 Å². The Labute approximate surface area is 128 Å². The van der Waals surface area contributed by atoms with Crippen molar-refractivity contribution in [3.8, 4) is 0 Å². The van der Waals surface area contributed by atoms with Crippen molar-refractivity contribution in [2.45, 2.75) is 12.2 Å². The number of nitrogens with two attached hydrogens (primary N) is 1. The molecule has 1 amide bonds. The quantitative estimate of drug-likeness (QED) is 0.879. The Kier molecular flexibility index (Phi) is 4.89. The summed E-state index contributed by atoms with van der Waals surface area (Å²) in [6.07, 6.45) is 0.0523. The molecule has 3 N–H and O–H groups in total. The number of carbonyl (C=O) groups is 1. The van der Waals surface area contributed by atoms with Crippen LogP contribution in [0.5, 0.6) is 0 Å². The highest BCUT2D eigenvalue weighted by Crippen LogP contribution is 2.12. The van der Waals surface area contributed by atoms with Crippen LogP contribution in [-0.2, 0) is 27.0 Å². The van der Waals surface area contributed by atoms with Crippen molar-refractivity contribution in [1.29, 1.82) is 0 Å². The molecule has 0 radical (unpaired) electrons. The van der Waals surface area contributed by atoms with Crippen molar-refractivity contribution >= 4 is 21.6 Å². The maximum Gasteiger partial charge on any atom is 0.228 e. The monoisotopic (exact) mass is 322 g/mol. The summed E-state index contributed by atoms with van der Waals surface area (Å²) >= 11 is 0. The standard InChI is InChI=1S/C15H15FN2O3S/c16-13-3-1-2-12(8-13)9-15(19)18-14-6-4-11(5-7-14)10-22(17,20)21/h1-8H,9-10H2,(H,18,19)(H2,17,20,21). The molecule has 0 atom stereocenters. The SMILES string of the molecule is NS(=O)(=O)Cc1ccc(NC(=O)Cc2cccc(F)c2)cc1. The van der Waals surface area contributed by atoms with Crippen LogP contribution in [0.15, 0.2) is 48.5 Å². The average molecular weight is 322 g/mol. The van der Waals surface area contributed by atoms with Crippen molar-refractivity contribution in [3.05, 3.63) is 65.5 Å². The van der Waals surface area contributed by atoms with Gasteiger partial charge in [-0.15, -0.1) is 0 Å². The number of hydrogen-bond acceptors (Lipinski definition) is 3. The van der Waals surface area contributed by atoms with E-state index in [0.717, 1.165) is 0 Å². The predicted molar refractivity (Wildman–Crippen MR) is 82.0 cm³/mol. The highest BCUT2D eigenvalue weighted by atomic mass is 32.2. The number of nitrogens with one attached hydrogen (secondary N) is 1. The molecule has 7 heteroatoms. The van der Waals surface area contributed by atoms with Crippen LogP contribution >= 0.6 is 0 Å². The van der Waals surface area contributed by atoms with E-state index in [2.05, 4.69) is 5.32 Å². The Bertz CT molecular complexity index is 774. The average Bonchev–Trinajstić information content (AvgIpc) is 2.39. The van der Waals surface area contributed by atoms with E-state index >= 15 is 0 Å². The van der Waals surface area contributed by atoms with Crippen LogP contribution in [0.2, 0.25) is 0 Å². The molecular formula is C15H15FN2O3S. The van der Waals surface area contributed by atoms with Gasteiger partial charge in [-0.2, -0.15) is 0 Å². The van der Waals surface area contributed by atoms with E-state index < -0.39 is 15.8 Å². The molecule has 0 bridgehead atoms. The first-order valence-electron chi connectivity index (χ1n) is 6.45. The first-order valence-corrected chi connectivity index (χ1v) is 8.17. The molecule has 0 aliphatic carbocycles. The van der Waals surface area contributed by atoms with Gasteiger partial charge in [0, 0.05) is 5.69 Å². The maximum atomic E-state index is 13.0. The third-order valence-electron chi connectivity index (χ3n) is 2.86. The van der Waals surface area contributed by atoms with Gasteiger partial charge in [0.2, 0.25) is 15.9 Å². The molecule has 0 aliphatic rings. The number of primary sulfonamides is 1. The summed E-state index contributed by atoms with van der Waals surface area (Å²) in [6.45, 7) is 0. The topological polar surface area (TPSA) is 89.3 Å². The van der Waals surface area contributed by atoms with Gasteiger partial charge in [0.25, 0.3) is 0 Å². The van der Waals surface area contributed by atoms with Crippen LogP contribution in [0.25, 0.3) is 0 Å². The Morgan fingerprint density at radius 1 is 1.09 bits per heavy atom. The predicted octanol–water partition coefficient (Wildman–Crippen LogP) is 1.80. The zero-order valence-corrected chi connectivity index (χ0v) is 12.4. The van der Waals surface area contributed by atoms with Crippen LogP contribution in [0.4, 0.5) is 10.1 Å². The number of amides is 1. The minimum absolute atomic E-state index is 0.0523. The van der Waals surface area contributed by atoms with Gasteiger partial charge in [-0.1, -0.05) is 24.3 Å². The highest BCUT2D eigenvalue weighted by Gasteiger charge is 2.07. The van der Waals surface area contributed by atoms with Crippen LogP contribution in [-0.4, -0.2) is 14.3 Å². The van der Waals surface area contributed by atoms with E-state index in [4.69, 9.17) is 5.14 Å². The summed E-state index contributed by atoms with van der Waals surface area (Å²) in [5.74, 6) is -0.938. The molecular weight excluding hydrogens is 307 g/mol. The second-order valence-corrected chi connectivity index (χ2v) is 6.47. The van der Waals surface area contributed by atoms with Gasteiger partial charge < -0.3 is 5.32 Å². The van der Waals surface area contributed by atoms with Gasteiger partial charge in [0.05, 0.1) is 12.2 Å². The van der Waals surface area contributed by atoms with Crippen molar-refractivity contribution in [2.75, 3.05) is 5.32 Å². The normalized spacial score (nSPS) is 11.2. The molecule has 0 heterocycles. The van der Waals surface area contributed by atoms with E-state index in [1.54, 1.807) is 36.4 Å². The minimum atomic E-state index is -3.58. The maximum absolute atomic E-state index is 13.0. The zero-order chi connectivity index (χ0) is 16.2. The highest BCUT2D eigenvalue weighted by molar-refractivity contribution is 7.88. The van der Waals surface area contributed by atoms with Crippen molar-refractivity contribution in [2.24, 2.45) is 5.14 Å². The van der Waals surface area contributed by atoms with Gasteiger partial charge in [-0.3, -0.25) is 4.79 Å². The van der Waals surface area contributed by atoms with Crippen LogP contribution < -0.4 is 10.5 Å². The van der Waals surface area contributed by atoms with E-state index in [9.17, 15) is 17.6 Å². The molecule has 0 saturated heterocycles. The molecule has 2 aromatic carbocycles. The zero-order valence-electron chi connectivity index (χ0n) is 11.6. The van der Waals surface area contributed by atoms with E-state index in [1.165, 1.54) is 12.1 Å². The molecule has 22 heavy (non-hydrogen) atoms. The number of carbonyl (C=O) groups excluding carboxylic acids is 1. The summed E-state index contributed by atoms with van der Waals surface area (Å²) in [7, 11) is -3.58. The molecule has 0 aliphatic heterocycles. The summed E-state index contributed by atoms with van der Waals surface area (Å²) in [6, 6.07) is 12.1. The number of benzene rings is 2. The fourth-order valence-corrected chi connectivity index (χ4v) is 2.61. The number of sulfonamides is 1. The lowest BCUT2D eigenvalue weighted by Gasteiger charge is -2.06. The summed E-state index contributed by atoms with van der Waals surface area (Å²) in [4.78, 5) is 11.9. The number of anilines is 1. The van der Waals surface area contributed by atoms with Crippen molar-refractivity contribution in [1.82, 2.24) is 0 Å². The first kappa shape index (κ1) is 16.1. The summed E-state index contributed by atoms with van der Waals surface area (Å²) in [5, 5.41) is 7.61. The lowest BCUT2D eigenvalue weighted by Crippen LogP contribution is -2.15. The molecule has 0 fully saturated rings. The Balaban J connectivity index is 1.97. The van der Waals surface area contributed by atoms with Crippen LogP contribution in [0.1, 0.15) is 11.1 Å². The minimum Gasteiger partial charge on any atom is -0.326 e. The Morgan fingerprint density at radius 3 is 2.36 bits per heavy atom. The van der Waals surface area contributed by atoms with Gasteiger partial charge >= 0.3 is 0 Å². The summed E-state index contributed by atoms with van der Waals surface area (Å²) < 4.78 is 35.0. The van der Waals surface area contributed by atoms with E-state index in [0.29, 0.717) is 16.8 Å². The largest absolute Gasteiger partial charge is 0.326 e. The number of rotatable bonds is 5. The fraction of sp³-hybridized carbons (Fsp3) is 0.133. The van der Waals surface area contributed by atoms with Crippen molar-refractivity contribution in [3.63, 3.8) is 0 Å². The molecule has 2 rings (SSSR count). The molecule has 2 aromatic rings.